The molecule has 4 aliphatic rings. The molecule has 8 heteroatoms. The first-order valence-corrected chi connectivity index (χ1v) is 8.11. The predicted molar refractivity (Wildman–Crippen MR) is 89.5 cm³/mol. The van der Waals surface area contributed by atoms with Gasteiger partial charge in [-0.25, -0.2) is 0 Å². The van der Waals surface area contributed by atoms with Crippen molar-refractivity contribution in [3.8, 4) is 0 Å². The highest BCUT2D eigenvalue weighted by molar-refractivity contribution is 7.80. The van der Waals surface area contributed by atoms with Gasteiger partial charge in [-0.3, -0.25) is 10.9 Å². The summed E-state index contributed by atoms with van der Waals surface area (Å²) in [5.74, 6) is 4.00. The van der Waals surface area contributed by atoms with Crippen LogP contribution in [0.5, 0.6) is 0 Å². The highest BCUT2D eigenvalue weighted by Crippen LogP contribution is 2.68. The molecule has 0 heterocycles. The molecule has 0 aromatic rings. The monoisotopic (exact) mass is 322 g/mol. The van der Waals surface area contributed by atoms with Crippen molar-refractivity contribution in [2.24, 2.45) is 57.2 Å². The van der Waals surface area contributed by atoms with Gasteiger partial charge < -0.3 is 11.5 Å². The quantitative estimate of drug-likeness (QED) is 0.430. The van der Waals surface area contributed by atoms with Gasteiger partial charge in [-0.15, -0.1) is 0 Å². The summed E-state index contributed by atoms with van der Waals surface area (Å²) in [4.78, 5) is 0. The Balaban J connectivity index is 1.63. The van der Waals surface area contributed by atoms with Crippen molar-refractivity contribution in [2.45, 2.75) is 19.3 Å². The molecule has 6 atom stereocenters. The summed E-state index contributed by atoms with van der Waals surface area (Å²) in [7, 11) is 0. The molecule has 2 bridgehead atoms. The fourth-order valence-electron chi connectivity index (χ4n) is 5.42. The van der Waals surface area contributed by atoms with Gasteiger partial charge in [-0.05, 0) is 67.4 Å². The molecule has 6 nitrogen and oxygen atoms in total. The molecule has 4 saturated carbocycles. The van der Waals surface area contributed by atoms with E-state index < -0.39 is 0 Å². The van der Waals surface area contributed by atoms with Gasteiger partial charge in [0.15, 0.2) is 10.2 Å². The standard InChI is InChI=1S/C13H18N6S2/c14-12(20)18-16-8-2-4-5-3-9(17-19-13(15)21)11-7(5)1-6(4)10(8)11/h4-7,10-11H,1-3H2,(H3,14,18,20)(H3,15,19,21)/b16-8+,17-9+/t4-,5+,6-,7+,10+,11-. The van der Waals surface area contributed by atoms with E-state index >= 15 is 0 Å². The van der Waals surface area contributed by atoms with Crippen LogP contribution in [0.3, 0.4) is 0 Å². The second-order valence-corrected chi connectivity index (χ2v) is 7.39. The molecular weight excluding hydrogens is 304 g/mol. The second-order valence-electron chi connectivity index (χ2n) is 6.51. The Morgan fingerprint density at radius 3 is 1.67 bits per heavy atom. The van der Waals surface area contributed by atoms with E-state index in [1.165, 1.54) is 17.8 Å². The molecule has 4 fully saturated rings. The minimum absolute atomic E-state index is 0.227. The molecule has 4 rings (SSSR count). The molecule has 0 radical (unpaired) electrons. The summed E-state index contributed by atoms with van der Waals surface area (Å²) in [6.45, 7) is 0. The SMILES string of the molecule is NC(=S)N/N=C1\C[C@@H]2[C@@H]3C/C(=N\NC(N)=S)[C@H]4[C@H]3C[C@H]2[C@@H]14. The van der Waals surface area contributed by atoms with Crippen molar-refractivity contribution in [3.05, 3.63) is 0 Å². The smallest absolute Gasteiger partial charge is 0.184 e. The van der Waals surface area contributed by atoms with E-state index in [0.717, 1.165) is 36.5 Å². The number of hydrogen-bond acceptors (Lipinski definition) is 4. The molecule has 0 unspecified atom stereocenters. The van der Waals surface area contributed by atoms with Gasteiger partial charge in [0.05, 0.1) is 0 Å². The highest BCUT2D eigenvalue weighted by atomic mass is 32.1. The third-order valence-corrected chi connectivity index (χ3v) is 5.96. The van der Waals surface area contributed by atoms with E-state index in [0.29, 0.717) is 11.8 Å². The Hall–Kier alpha value is -1.28. The zero-order valence-electron chi connectivity index (χ0n) is 11.5. The summed E-state index contributed by atoms with van der Waals surface area (Å²) < 4.78 is 0. The average Bonchev–Trinajstić information content (AvgIpc) is 3.03. The fourth-order valence-corrected chi connectivity index (χ4v) is 5.51. The average molecular weight is 322 g/mol. The van der Waals surface area contributed by atoms with Crippen LogP contribution in [-0.4, -0.2) is 21.6 Å². The topological polar surface area (TPSA) is 101 Å². The molecule has 0 aliphatic heterocycles. The molecule has 0 aromatic carbocycles. The molecule has 112 valence electrons. The lowest BCUT2D eigenvalue weighted by atomic mass is 9.79. The minimum Gasteiger partial charge on any atom is -0.375 e. The maximum absolute atomic E-state index is 5.49. The maximum atomic E-state index is 5.49. The first-order valence-electron chi connectivity index (χ1n) is 7.30. The van der Waals surface area contributed by atoms with Crippen molar-refractivity contribution in [2.75, 3.05) is 0 Å². The molecule has 6 N–H and O–H groups in total. The van der Waals surface area contributed by atoms with Crippen molar-refractivity contribution in [1.82, 2.24) is 10.9 Å². The van der Waals surface area contributed by atoms with Crippen molar-refractivity contribution in [1.29, 1.82) is 0 Å². The summed E-state index contributed by atoms with van der Waals surface area (Å²) in [6.07, 6.45) is 3.47. The van der Waals surface area contributed by atoms with Gasteiger partial charge in [-0.2, -0.15) is 10.2 Å². The summed E-state index contributed by atoms with van der Waals surface area (Å²) in [6, 6.07) is 0. The minimum atomic E-state index is 0.227. The van der Waals surface area contributed by atoms with Crippen LogP contribution in [-0.2, 0) is 0 Å². The maximum Gasteiger partial charge on any atom is 0.184 e. The number of nitrogens with zero attached hydrogens (tertiary/aromatic N) is 2. The van der Waals surface area contributed by atoms with E-state index in [2.05, 4.69) is 21.1 Å². The Bertz CT molecular complexity index is 531. The van der Waals surface area contributed by atoms with Crippen LogP contribution in [0.2, 0.25) is 0 Å². The van der Waals surface area contributed by atoms with E-state index in [-0.39, 0.29) is 10.2 Å². The van der Waals surface area contributed by atoms with Gasteiger partial charge in [0.2, 0.25) is 0 Å². The number of hydrazone groups is 2. The summed E-state index contributed by atoms with van der Waals surface area (Å²) in [5.41, 5.74) is 18.9. The van der Waals surface area contributed by atoms with Crippen molar-refractivity contribution in [3.63, 3.8) is 0 Å². The number of hydrogen-bond donors (Lipinski definition) is 4. The first-order chi connectivity index (χ1) is 10.1. The molecule has 0 amide bonds. The molecule has 21 heavy (non-hydrogen) atoms. The number of fused-ring (bicyclic) bond motifs is 2. The van der Waals surface area contributed by atoms with Crippen LogP contribution in [0.1, 0.15) is 19.3 Å². The molecule has 0 aromatic heterocycles. The zero-order valence-corrected chi connectivity index (χ0v) is 13.1. The molecule has 0 saturated heterocycles. The molecule has 0 spiro atoms. The van der Waals surface area contributed by atoms with E-state index in [1.807, 2.05) is 0 Å². The van der Waals surface area contributed by atoms with Crippen LogP contribution in [0.4, 0.5) is 0 Å². The predicted octanol–water partition coefficient (Wildman–Crippen LogP) is 0.287. The van der Waals surface area contributed by atoms with Gasteiger partial charge in [0.1, 0.15) is 0 Å². The second kappa shape index (κ2) is 4.61. The van der Waals surface area contributed by atoms with Crippen molar-refractivity contribution >= 4 is 46.1 Å². The molecule has 4 aliphatic carbocycles. The number of nitrogens with two attached hydrogens (primary N) is 2. The normalized spacial score (nSPS) is 45.5. The van der Waals surface area contributed by atoms with Crippen LogP contribution in [0, 0.1) is 35.5 Å². The van der Waals surface area contributed by atoms with E-state index in [1.54, 1.807) is 0 Å². The van der Waals surface area contributed by atoms with E-state index in [4.69, 9.17) is 35.9 Å². The Labute approximate surface area is 133 Å². The highest BCUT2D eigenvalue weighted by Gasteiger charge is 2.67. The lowest BCUT2D eigenvalue weighted by molar-refractivity contribution is 0.242. The van der Waals surface area contributed by atoms with Gasteiger partial charge in [0, 0.05) is 23.3 Å². The number of nitrogens with one attached hydrogen (secondary N) is 2. The molecular formula is C13H18N6S2. The number of rotatable bonds is 2. The fraction of sp³-hybridized carbons (Fsp3) is 0.692. The lowest BCUT2D eigenvalue weighted by Gasteiger charge is -2.24. The van der Waals surface area contributed by atoms with Gasteiger partial charge >= 0.3 is 0 Å². The third kappa shape index (κ3) is 1.88. The Kier molecular flexibility index (Phi) is 2.94. The van der Waals surface area contributed by atoms with Crippen LogP contribution >= 0.6 is 24.4 Å². The zero-order chi connectivity index (χ0) is 14.7. The van der Waals surface area contributed by atoms with E-state index in [9.17, 15) is 0 Å². The van der Waals surface area contributed by atoms with Crippen LogP contribution in [0.15, 0.2) is 10.2 Å². The lowest BCUT2D eigenvalue weighted by Crippen LogP contribution is -2.31. The van der Waals surface area contributed by atoms with Crippen molar-refractivity contribution < 1.29 is 0 Å². The largest absolute Gasteiger partial charge is 0.375 e. The summed E-state index contributed by atoms with van der Waals surface area (Å²) >= 11 is 9.70. The Morgan fingerprint density at radius 2 is 1.29 bits per heavy atom. The van der Waals surface area contributed by atoms with Crippen LogP contribution in [0.25, 0.3) is 0 Å². The van der Waals surface area contributed by atoms with Crippen LogP contribution < -0.4 is 22.3 Å². The summed E-state index contributed by atoms with van der Waals surface area (Å²) in [5, 5.41) is 9.39. The van der Waals surface area contributed by atoms with Gasteiger partial charge in [-0.1, -0.05) is 0 Å². The number of thiocarbonyl (C=S) groups is 2. The Morgan fingerprint density at radius 1 is 0.857 bits per heavy atom. The van der Waals surface area contributed by atoms with Gasteiger partial charge in [0.25, 0.3) is 0 Å². The first kappa shape index (κ1) is 13.4. The third-order valence-electron chi connectivity index (χ3n) is 5.78.